The third kappa shape index (κ3) is 4.21. The first-order valence-corrected chi connectivity index (χ1v) is 12.9. The molecule has 7 nitrogen and oxygen atoms in total. The second-order valence-electron chi connectivity index (χ2n) is 10.6. The minimum Gasteiger partial charge on any atom is -0.390 e. The molecule has 0 aromatic heterocycles. The summed E-state index contributed by atoms with van der Waals surface area (Å²) in [6.07, 6.45) is 2.28. The van der Waals surface area contributed by atoms with Gasteiger partial charge in [-0.1, -0.05) is 24.3 Å². The van der Waals surface area contributed by atoms with Gasteiger partial charge in [0.1, 0.15) is 0 Å². The van der Waals surface area contributed by atoms with Gasteiger partial charge in [0.05, 0.1) is 12.1 Å². The van der Waals surface area contributed by atoms with E-state index in [0.717, 1.165) is 62.3 Å². The van der Waals surface area contributed by atoms with Crippen molar-refractivity contribution in [2.24, 2.45) is 0 Å². The number of benzene rings is 2. The van der Waals surface area contributed by atoms with E-state index in [4.69, 9.17) is 0 Å². The lowest BCUT2D eigenvalue weighted by atomic mass is 9.97. The van der Waals surface area contributed by atoms with Crippen LogP contribution in [0.15, 0.2) is 42.5 Å². The Balaban J connectivity index is 1.07. The minimum atomic E-state index is -0.561. The van der Waals surface area contributed by atoms with Gasteiger partial charge in [-0.2, -0.15) is 0 Å². The highest BCUT2D eigenvalue weighted by atomic mass is 16.3. The predicted molar refractivity (Wildman–Crippen MR) is 134 cm³/mol. The van der Waals surface area contributed by atoms with Gasteiger partial charge in [0.15, 0.2) is 0 Å². The molecule has 7 heteroatoms. The smallest absolute Gasteiger partial charge is 0.254 e. The van der Waals surface area contributed by atoms with Gasteiger partial charge in [0.25, 0.3) is 5.91 Å². The van der Waals surface area contributed by atoms with Crippen molar-refractivity contribution in [3.8, 4) is 0 Å². The van der Waals surface area contributed by atoms with Crippen LogP contribution in [-0.2, 0) is 24.2 Å². The van der Waals surface area contributed by atoms with Gasteiger partial charge < -0.3 is 19.8 Å². The van der Waals surface area contributed by atoms with Crippen LogP contribution in [0.5, 0.6) is 0 Å². The zero-order valence-corrected chi connectivity index (χ0v) is 20.4. The van der Waals surface area contributed by atoms with E-state index in [2.05, 4.69) is 46.2 Å². The molecule has 2 saturated heterocycles. The van der Waals surface area contributed by atoms with E-state index in [1.54, 1.807) is 6.92 Å². The summed E-state index contributed by atoms with van der Waals surface area (Å²) < 4.78 is 0. The van der Waals surface area contributed by atoms with Crippen LogP contribution < -0.4 is 4.90 Å². The van der Waals surface area contributed by atoms with Crippen molar-refractivity contribution < 1.29 is 14.7 Å². The number of aliphatic hydroxyl groups is 1. The lowest BCUT2D eigenvalue weighted by Gasteiger charge is -2.36. The van der Waals surface area contributed by atoms with Crippen molar-refractivity contribution >= 4 is 17.5 Å². The highest BCUT2D eigenvalue weighted by molar-refractivity contribution is 5.97. The molecule has 2 amide bonds. The molecule has 6 rings (SSSR count). The van der Waals surface area contributed by atoms with E-state index in [-0.39, 0.29) is 11.8 Å². The van der Waals surface area contributed by atoms with Crippen molar-refractivity contribution in [2.75, 3.05) is 44.2 Å². The number of anilines is 1. The maximum absolute atomic E-state index is 13.2. The monoisotopic (exact) mass is 474 g/mol. The summed E-state index contributed by atoms with van der Waals surface area (Å²) >= 11 is 0. The summed E-state index contributed by atoms with van der Waals surface area (Å²) in [5.74, 6) is 0.187. The largest absolute Gasteiger partial charge is 0.390 e. The van der Waals surface area contributed by atoms with Gasteiger partial charge in [-0.25, -0.2) is 0 Å². The van der Waals surface area contributed by atoms with Gasteiger partial charge in [-0.3, -0.25) is 14.5 Å². The van der Waals surface area contributed by atoms with E-state index < -0.39 is 6.10 Å². The Bertz CT molecular complexity index is 1150. The molecule has 4 aliphatic rings. The lowest BCUT2D eigenvalue weighted by Crippen LogP contribution is -2.48. The number of rotatable bonds is 5. The molecule has 4 aliphatic heterocycles. The van der Waals surface area contributed by atoms with Crippen LogP contribution in [-0.4, -0.2) is 89.1 Å². The minimum absolute atomic E-state index is 0.0199. The first kappa shape index (κ1) is 22.6. The number of carbonyl (C=O) groups excluding carboxylic acids is 2. The average Bonchev–Trinajstić information content (AvgIpc) is 3.47. The average molecular weight is 475 g/mol. The van der Waals surface area contributed by atoms with Crippen molar-refractivity contribution in [2.45, 2.75) is 50.9 Å². The number of fused-ring (bicyclic) bond motifs is 4. The van der Waals surface area contributed by atoms with E-state index >= 15 is 0 Å². The molecule has 0 radical (unpaired) electrons. The molecular weight excluding hydrogens is 440 g/mol. The second kappa shape index (κ2) is 8.95. The zero-order chi connectivity index (χ0) is 24.1. The molecule has 35 heavy (non-hydrogen) atoms. The molecule has 0 aliphatic carbocycles. The maximum atomic E-state index is 13.2. The zero-order valence-electron chi connectivity index (χ0n) is 20.4. The van der Waals surface area contributed by atoms with Crippen molar-refractivity contribution in [3.05, 3.63) is 64.7 Å². The first-order chi connectivity index (χ1) is 17.0. The fraction of sp³-hybridized carbons (Fsp3) is 0.500. The molecule has 4 heterocycles. The van der Waals surface area contributed by atoms with Gasteiger partial charge >= 0.3 is 0 Å². The van der Waals surface area contributed by atoms with Crippen molar-refractivity contribution in [3.63, 3.8) is 0 Å². The number of carbonyl (C=O) groups is 2. The molecule has 3 atom stereocenters. The molecular formula is C28H34N4O3. The fourth-order valence-electron chi connectivity index (χ4n) is 6.56. The van der Waals surface area contributed by atoms with Gasteiger partial charge in [-0.15, -0.1) is 0 Å². The third-order valence-electron chi connectivity index (χ3n) is 8.34. The Hall–Kier alpha value is -2.90. The number of nitrogens with zero attached hydrogens (tertiary/aromatic N) is 4. The summed E-state index contributed by atoms with van der Waals surface area (Å²) in [5.41, 5.74) is 5.75. The van der Waals surface area contributed by atoms with Gasteiger partial charge in [0, 0.05) is 70.0 Å². The molecule has 2 aromatic carbocycles. The van der Waals surface area contributed by atoms with Crippen LogP contribution in [0.4, 0.5) is 5.69 Å². The molecule has 2 unspecified atom stereocenters. The summed E-state index contributed by atoms with van der Waals surface area (Å²) in [7, 11) is 0. The summed E-state index contributed by atoms with van der Waals surface area (Å²) in [6, 6.07) is 15.4. The van der Waals surface area contributed by atoms with Crippen molar-refractivity contribution in [1.82, 2.24) is 14.7 Å². The van der Waals surface area contributed by atoms with E-state index in [1.165, 1.54) is 11.1 Å². The standard InChI is InChI=1S/C28H34N4O3/c1-19(33)31-15-25-13-24(31)16-32(25)23-6-7-27-21(12-23)9-11-30(28(27)35)18-26(34)17-29-10-8-20-4-2-3-5-22(20)14-29/h2-7,12,24-26,34H,8-11,13-18H2,1H3/t24?,25?,26-/m1/s1. The molecule has 1 N–H and O–H groups in total. The number of hydrogen-bond donors (Lipinski definition) is 1. The maximum Gasteiger partial charge on any atom is 0.254 e. The van der Waals surface area contributed by atoms with Crippen LogP contribution >= 0.6 is 0 Å². The number of likely N-dealkylation sites (tertiary alicyclic amines) is 1. The third-order valence-corrected chi connectivity index (χ3v) is 8.34. The number of piperazine rings is 1. The lowest BCUT2D eigenvalue weighted by molar-refractivity contribution is -0.129. The summed E-state index contributed by atoms with van der Waals surface area (Å²) in [5, 5.41) is 10.8. The number of amides is 2. The van der Waals surface area contributed by atoms with Crippen molar-refractivity contribution in [1.29, 1.82) is 0 Å². The van der Waals surface area contributed by atoms with Crippen LogP contribution in [0.25, 0.3) is 0 Å². The van der Waals surface area contributed by atoms with E-state index in [1.807, 2.05) is 15.9 Å². The van der Waals surface area contributed by atoms with E-state index in [0.29, 0.717) is 31.7 Å². The van der Waals surface area contributed by atoms with Crippen LogP contribution in [0, 0.1) is 0 Å². The Kier molecular flexibility index (Phi) is 5.77. The number of β-amino-alcohol motifs (C(OH)–C–C–N with tert-alkyl or cyclic N) is 1. The molecule has 2 bridgehead atoms. The Morgan fingerprint density at radius 2 is 1.80 bits per heavy atom. The molecule has 2 fully saturated rings. The second-order valence-corrected chi connectivity index (χ2v) is 10.6. The van der Waals surface area contributed by atoms with Crippen LogP contribution in [0.3, 0.4) is 0 Å². The highest BCUT2D eigenvalue weighted by Crippen LogP contribution is 2.36. The fourth-order valence-corrected chi connectivity index (χ4v) is 6.56. The van der Waals surface area contributed by atoms with Gasteiger partial charge in [0.2, 0.25) is 5.91 Å². The predicted octanol–water partition coefficient (Wildman–Crippen LogP) is 1.91. The Labute approximate surface area is 206 Å². The summed E-state index contributed by atoms with van der Waals surface area (Å²) in [4.78, 5) is 33.6. The van der Waals surface area contributed by atoms with Crippen LogP contribution in [0.1, 0.15) is 40.4 Å². The van der Waals surface area contributed by atoms with E-state index in [9.17, 15) is 14.7 Å². The number of hydrogen-bond acceptors (Lipinski definition) is 5. The quantitative estimate of drug-likeness (QED) is 0.717. The normalized spacial score (nSPS) is 24.5. The number of aliphatic hydroxyl groups excluding tert-OH is 1. The molecule has 0 spiro atoms. The summed E-state index contributed by atoms with van der Waals surface area (Å²) in [6.45, 7) is 6.71. The topological polar surface area (TPSA) is 67.3 Å². The Morgan fingerprint density at radius 3 is 2.57 bits per heavy atom. The first-order valence-electron chi connectivity index (χ1n) is 12.9. The van der Waals surface area contributed by atoms with Gasteiger partial charge in [-0.05, 0) is 54.2 Å². The SMILES string of the molecule is CC(=O)N1CC2CC1CN2c1ccc2c(c1)CCN(C[C@H](O)CN1CCc3ccccc3C1)C2=O. The molecule has 0 saturated carbocycles. The Morgan fingerprint density at radius 1 is 1.00 bits per heavy atom. The van der Waals surface area contributed by atoms with Crippen LogP contribution in [0.2, 0.25) is 0 Å². The molecule has 2 aromatic rings. The molecule has 184 valence electrons. The highest BCUT2D eigenvalue weighted by Gasteiger charge is 2.44.